The lowest BCUT2D eigenvalue weighted by Crippen LogP contribution is -2.47. The van der Waals surface area contributed by atoms with E-state index in [9.17, 15) is 14.7 Å². The summed E-state index contributed by atoms with van der Waals surface area (Å²) in [7, 11) is 0. The van der Waals surface area contributed by atoms with Gasteiger partial charge in [-0.1, -0.05) is 6.07 Å². The summed E-state index contributed by atoms with van der Waals surface area (Å²) in [4.78, 5) is 40.0. The van der Waals surface area contributed by atoms with E-state index >= 15 is 0 Å². The Bertz CT molecular complexity index is 1480. The van der Waals surface area contributed by atoms with Gasteiger partial charge in [0, 0.05) is 56.1 Å². The molecule has 3 amide bonds. The van der Waals surface area contributed by atoms with Gasteiger partial charge in [-0.2, -0.15) is 0 Å². The standard InChI is InChI=1S/C31H39N5O5/c1-19-14-32-28-24(19)13-22(15-33-28)21-11-20-5-7-35(29(38)34-8-6-23(37)16-34)17-26(20)25(12-21)27-18-40-10-9-36(27)30(39)41-31(2,3)4/h11-15,23,27,37H,5-10,16-18H2,1-4H3,(H,32,33)/t23?,27-/m0/s1. The molecule has 0 saturated carbocycles. The first-order valence-electron chi connectivity index (χ1n) is 14.5. The summed E-state index contributed by atoms with van der Waals surface area (Å²) in [6.45, 7) is 10.8. The average Bonchev–Trinajstić information content (AvgIpc) is 3.55. The lowest BCUT2D eigenvalue weighted by atomic mass is 9.87. The van der Waals surface area contributed by atoms with Crippen molar-refractivity contribution in [2.75, 3.05) is 39.4 Å². The Hall–Kier alpha value is -3.63. The molecule has 41 heavy (non-hydrogen) atoms. The van der Waals surface area contributed by atoms with E-state index in [1.807, 2.05) is 38.1 Å². The van der Waals surface area contributed by atoms with Gasteiger partial charge in [-0.15, -0.1) is 0 Å². The Morgan fingerprint density at radius 2 is 1.95 bits per heavy atom. The van der Waals surface area contributed by atoms with Gasteiger partial charge in [0.25, 0.3) is 0 Å². The molecule has 2 aromatic heterocycles. The molecule has 3 aromatic rings. The number of aromatic nitrogens is 2. The number of hydrogen-bond donors (Lipinski definition) is 2. The number of carbonyl (C=O) groups is 2. The van der Waals surface area contributed by atoms with Crippen LogP contribution >= 0.6 is 0 Å². The lowest BCUT2D eigenvalue weighted by Gasteiger charge is -2.40. The molecule has 2 N–H and O–H groups in total. The third kappa shape index (κ3) is 5.50. The third-order valence-corrected chi connectivity index (χ3v) is 8.27. The fourth-order valence-corrected chi connectivity index (χ4v) is 6.13. The monoisotopic (exact) mass is 561 g/mol. The normalized spacial score (nSPS) is 21.3. The van der Waals surface area contributed by atoms with Gasteiger partial charge in [0.2, 0.25) is 0 Å². The van der Waals surface area contributed by atoms with Gasteiger partial charge in [-0.3, -0.25) is 4.90 Å². The molecule has 3 aliphatic heterocycles. The molecule has 1 aromatic carbocycles. The van der Waals surface area contributed by atoms with Crippen LogP contribution in [0.25, 0.3) is 22.2 Å². The maximum Gasteiger partial charge on any atom is 0.410 e. The molecular weight excluding hydrogens is 522 g/mol. The molecule has 5 heterocycles. The molecule has 6 rings (SSSR count). The molecule has 10 nitrogen and oxygen atoms in total. The number of fused-ring (bicyclic) bond motifs is 2. The van der Waals surface area contributed by atoms with Crippen LogP contribution in [-0.2, 0) is 22.4 Å². The Morgan fingerprint density at radius 1 is 1.12 bits per heavy atom. The number of H-pyrrole nitrogens is 1. The number of amides is 3. The van der Waals surface area contributed by atoms with Crippen molar-refractivity contribution in [3.63, 3.8) is 0 Å². The van der Waals surface area contributed by atoms with Crippen molar-refractivity contribution in [2.45, 2.75) is 64.8 Å². The number of benzene rings is 1. The van der Waals surface area contributed by atoms with Crippen molar-refractivity contribution in [3.05, 3.63) is 52.8 Å². The van der Waals surface area contributed by atoms with Crippen LogP contribution in [0.3, 0.4) is 0 Å². The predicted molar refractivity (Wildman–Crippen MR) is 154 cm³/mol. The highest BCUT2D eigenvalue weighted by Crippen LogP contribution is 2.37. The molecule has 3 aliphatic rings. The van der Waals surface area contributed by atoms with E-state index in [2.05, 4.69) is 35.1 Å². The number of likely N-dealkylation sites (tertiary alicyclic amines) is 1. The zero-order valence-electron chi connectivity index (χ0n) is 24.3. The number of aromatic amines is 1. The van der Waals surface area contributed by atoms with Crippen LogP contribution in [0.5, 0.6) is 0 Å². The summed E-state index contributed by atoms with van der Waals surface area (Å²) in [5, 5.41) is 11.1. The molecule has 0 bridgehead atoms. The number of β-amino-alcohol motifs (C(OH)–C–C–N with tert-alkyl or cyclic N) is 1. The molecule has 0 radical (unpaired) electrons. The first-order chi connectivity index (χ1) is 19.6. The third-order valence-electron chi connectivity index (χ3n) is 8.27. The number of hydrogen-bond acceptors (Lipinski definition) is 6. The number of nitrogens with zero attached hydrogens (tertiary/aromatic N) is 4. The summed E-state index contributed by atoms with van der Waals surface area (Å²) in [6, 6.07) is 6.07. The van der Waals surface area contributed by atoms with Gasteiger partial charge in [-0.25, -0.2) is 14.6 Å². The van der Waals surface area contributed by atoms with Crippen LogP contribution in [0.15, 0.2) is 30.6 Å². The average molecular weight is 562 g/mol. The summed E-state index contributed by atoms with van der Waals surface area (Å²) in [6.07, 6.45) is 4.30. The molecule has 2 atom stereocenters. The number of urea groups is 1. The molecule has 10 heteroatoms. The van der Waals surface area contributed by atoms with Gasteiger partial charge >= 0.3 is 12.1 Å². The number of aliphatic hydroxyl groups is 1. The maximum atomic E-state index is 13.4. The van der Waals surface area contributed by atoms with Crippen molar-refractivity contribution in [2.24, 2.45) is 0 Å². The fraction of sp³-hybridized carbons (Fsp3) is 0.516. The first-order valence-corrected chi connectivity index (χ1v) is 14.5. The highest BCUT2D eigenvalue weighted by atomic mass is 16.6. The van der Waals surface area contributed by atoms with E-state index in [4.69, 9.17) is 9.47 Å². The number of rotatable bonds is 2. The molecule has 1 unspecified atom stereocenters. The zero-order chi connectivity index (χ0) is 28.9. The number of pyridine rings is 1. The van der Waals surface area contributed by atoms with Crippen molar-refractivity contribution in [1.29, 1.82) is 0 Å². The molecular formula is C31H39N5O5. The quantitative estimate of drug-likeness (QED) is 0.480. The van der Waals surface area contributed by atoms with Gasteiger partial charge in [0.05, 0.1) is 25.4 Å². The Morgan fingerprint density at radius 3 is 2.71 bits per heavy atom. The van der Waals surface area contributed by atoms with Crippen molar-refractivity contribution >= 4 is 23.2 Å². The number of aliphatic hydroxyl groups excluding tert-OH is 1. The Labute approximate surface area is 240 Å². The predicted octanol–water partition coefficient (Wildman–Crippen LogP) is 4.39. The zero-order valence-corrected chi connectivity index (χ0v) is 24.3. The van der Waals surface area contributed by atoms with Crippen LogP contribution in [0.4, 0.5) is 9.59 Å². The van der Waals surface area contributed by atoms with Crippen molar-refractivity contribution < 1.29 is 24.2 Å². The lowest BCUT2D eigenvalue weighted by molar-refractivity contribution is -0.0334. The number of morpholine rings is 1. The second kappa shape index (κ2) is 10.6. The van der Waals surface area contributed by atoms with Gasteiger partial charge in [0.1, 0.15) is 11.2 Å². The van der Waals surface area contributed by atoms with Crippen LogP contribution < -0.4 is 0 Å². The Balaban J connectivity index is 1.41. The Kier molecular flexibility index (Phi) is 7.15. The molecule has 218 valence electrons. The topological polar surface area (TPSA) is 111 Å². The minimum absolute atomic E-state index is 0.0521. The van der Waals surface area contributed by atoms with Crippen molar-refractivity contribution in [1.82, 2.24) is 24.7 Å². The first kappa shape index (κ1) is 27.5. The second-order valence-electron chi connectivity index (χ2n) is 12.4. The second-order valence-corrected chi connectivity index (χ2v) is 12.4. The number of carbonyl (C=O) groups excluding carboxylic acids is 2. The van der Waals surface area contributed by atoms with E-state index in [1.54, 1.807) is 9.80 Å². The van der Waals surface area contributed by atoms with Crippen molar-refractivity contribution in [3.8, 4) is 11.1 Å². The number of nitrogens with one attached hydrogen (secondary N) is 1. The molecule has 2 fully saturated rings. The smallest absolute Gasteiger partial charge is 0.410 e. The van der Waals surface area contributed by atoms with Gasteiger partial charge < -0.3 is 29.4 Å². The van der Waals surface area contributed by atoms with E-state index in [-0.39, 0.29) is 18.2 Å². The highest BCUT2D eigenvalue weighted by molar-refractivity contribution is 5.85. The molecule has 2 saturated heterocycles. The largest absolute Gasteiger partial charge is 0.444 e. The van der Waals surface area contributed by atoms with Crippen LogP contribution in [0.1, 0.15) is 55.5 Å². The van der Waals surface area contributed by atoms with E-state index < -0.39 is 11.7 Å². The summed E-state index contributed by atoms with van der Waals surface area (Å²) in [5.74, 6) is 0. The summed E-state index contributed by atoms with van der Waals surface area (Å²) >= 11 is 0. The van der Waals surface area contributed by atoms with E-state index in [1.165, 1.54) is 0 Å². The number of aryl methyl sites for hydroxylation is 1. The van der Waals surface area contributed by atoms with E-state index in [0.717, 1.165) is 44.4 Å². The SMILES string of the molecule is Cc1c[nH]c2ncc(-c3cc4c(c([C@@H]5COCCN5C(=O)OC(C)(C)C)c3)CN(C(=O)N3CCC(O)C3)CC4)cc12. The van der Waals surface area contributed by atoms with Gasteiger partial charge in [0.15, 0.2) is 0 Å². The van der Waals surface area contributed by atoms with Crippen LogP contribution in [0.2, 0.25) is 0 Å². The van der Waals surface area contributed by atoms with Gasteiger partial charge in [-0.05, 0) is 80.5 Å². The fourth-order valence-electron chi connectivity index (χ4n) is 6.13. The molecule has 0 aliphatic carbocycles. The summed E-state index contributed by atoms with van der Waals surface area (Å²) in [5.41, 5.74) is 6.54. The molecule has 0 spiro atoms. The minimum atomic E-state index is -0.625. The number of ether oxygens (including phenoxy) is 2. The highest BCUT2D eigenvalue weighted by Gasteiger charge is 2.37. The van der Waals surface area contributed by atoms with Crippen LogP contribution in [0, 0.1) is 6.92 Å². The van der Waals surface area contributed by atoms with Crippen LogP contribution in [-0.4, -0.2) is 93.0 Å². The summed E-state index contributed by atoms with van der Waals surface area (Å²) < 4.78 is 11.7. The van der Waals surface area contributed by atoms with E-state index in [0.29, 0.717) is 58.8 Å². The maximum absolute atomic E-state index is 13.4. The minimum Gasteiger partial charge on any atom is -0.444 e.